The van der Waals surface area contributed by atoms with E-state index in [2.05, 4.69) is 27.5 Å². The Bertz CT molecular complexity index is 446. The largest absolute Gasteiger partial charge is 0.507 e. The number of carbonyl (C=O) groups excluding carboxylic acids is 1. The molecule has 0 heterocycles. The fourth-order valence-corrected chi connectivity index (χ4v) is 2.71. The molecule has 1 aromatic carbocycles. The summed E-state index contributed by atoms with van der Waals surface area (Å²) in [5.41, 5.74) is 0.316. The summed E-state index contributed by atoms with van der Waals surface area (Å²) in [6.07, 6.45) is 4.37. The molecular weight excluding hydrogens is 302 g/mol. The van der Waals surface area contributed by atoms with Crippen molar-refractivity contribution in [3.8, 4) is 5.75 Å². The normalized spacial score (nSPS) is 16.6. The predicted octanol–water partition coefficient (Wildman–Crippen LogP) is 2.78. The lowest BCUT2D eigenvalue weighted by Crippen LogP contribution is -2.31. The van der Waals surface area contributed by atoms with E-state index < -0.39 is 0 Å². The third-order valence-electron chi connectivity index (χ3n) is 3.02. The van der Waals surface area contributed by atoms with E-state index in [-0.39, 0.29) is 16.4 Å². The van der Waals surface area contributed by atoms with E-state index in [1.807, 2.05) is 0 Å². The quantitative estimate of drug-likeness (QED) is 0.898. The number of benzene rings is 1. The molecule has 1 fully saturated rings. The van der Waals surface area contributed by atoms with Gasteiger partial charge in [-0.15, -0.1) is 0 Å². The van der Waals surface area contributed by atoms with Gasteiger partial charge in [-0.05, 0) is 37.3 Å². The number of rotatable bonds is 4. The van der Waals surface area contributed by atoms with E-state index in [0.29, 0.717) is 12.1 Å². The van der Waals surface area contributed by atoms with Crippen LogP contribution in [0.2, 0.25) is 0 Å². The number of hydrogen-bond donors (Lipinski definition) is 2. The van der Waals surface area contributed by atoms with E-state index in [0.717, 1.165) is 17.3 Å². The van der Waals surface area contributed by atoms with Crippen LogP contribution in [0, 0.1) is 0 Å². The van der Waals surface area contributed by atoms with E-state index >= 15 is 0 Å². The summed E-state index contributed by atoms with van der Waals surface area (Å²) in [5, 5.41) is 12.5. The Morgan fingerprint density at radius 2 is 2.29 bits per heavy atom. The van der Waals surface area contributed by atoms with E-state index in [9.17, 15) is 9.90 Å². The zero-order valence-electron chi connectivity index (χ0n) is 9.50. The molecule has 1 aromatic rings. The van der Waals surface area contributed by atoms with Gasteiger partial charge in [0.2, 0.25) is 0 Å². The summed E-state index contributed by atoms with van der Waals surface area (Å²) in [6, 6.07) is 4.85. The Balaban J connectivity index is 2.02. The molecule has 0 bridgehead atoms. The van der Waals surface area contributed by atoms with Gasteiger partial charge in [0, 0.05) is 15.8 Å². The first-order valence-electron chi connectivity index (χ1n) is 5.38. The molecule has 0 aromatic heterocycles. The van der Waals surface area contributed by atoms with Gasteiger partial charge >= 0.3 is 0 Å². The maximum Gasteiger partial charge on any atom is 0.255 e. The zero-order valence-corrected chi connectivity index (χ0v) is 11.9. The van der Waals surface area contributed by atoms with Crippen LogP contribution >= 0.6 is 27.7 Å². The molecule has 3 nitrogen and oxygen atoms in total. The van der Waals surface area contributed by atoms with Gasteiger partial charge in [-0.25, -0.2) is 0 Å². The fraction of sp³-hybridized carbons (Fsp3) is 0.417. The maximum atomic E-state index is 11.9. The van der Waals surface area contributed by atoms with Gasteiger partial charge in [0.25, 0.3) is 5.91 Å². The molecule has 0 atom stereocenters. The minimum atomic E-state index is -0.218. The molecule has 0 saturated heterocycles. The molecule has 92 valence electrons. The molecule has 17 heavy (non-hydrogen) atoms. The minimum Gasteiger partial charge on any atom is -0.507 e. The molecule has 0 radical (unpaired) electrons. The van der Waals surface area contributed by atoms with Crippen molar-refractivity contribution >= 4 is 33.6 Å². The Morgan fingerprint density at radius 3 is 2.88 bits per heavy atom. The van der Waals surface area contributed by atoms with Crippen molar-refractivity contribution in [2.75, 3.05) is 12.8 Å². The number of thioether (sulfide) groups is 1. The Hall–Kier alpha value is -0.680. The first-order chi connectivity index (χ1) is 8.06. The third kappa shape index (κ3) is 2.96. The molecule has 2 rings (SSSR count). The van der Waals surface area contributed by atoms with Crippen molar-refractivity contribution < 1.29 is 9.90 Å². The smallest absolute Gasteiger partial charge is 0.255 e. The summed E-state index contributed by atoms with van der Waals surface area (Å²) >= 11 is 5.08. The number of aromatic hydroxyl groups is 1. The van der Waals surface area contributed by atoms with Gasteiger partial charge in [-0.1, -0.05) is 15.9 Å². The molecule has 0 aliphatic heterocycles. The summed E-state index contributed by atoms with van der Waals surface area (Å²) in [7, 11) is 0. The highest BCUT2D eigenvalue weighted by atomic mass is 79.9. The van der Waals surface area contributed by atoms with Crippen molar-refractivity contribution in [2.24, 2.45) is 0 Å². The van der Waals surface area contributed by atoms with Gasteiger partial charge in [0.15, 0.2) is 0 Å². The van der Waals surface area contributed by atoms with Gasteiger partial charge in [-0.3, -0.25) is 4.79 Å². The second-order valence-electron chi connectivity index (χ2n) is 4.23. The van der Waals surface area contributed by atoms with Crippen LogP contribution in [0.4, 0.5) is 0 Å². The van der Waals surface area contributed by atoms with E-state index in [4.69, 9.17) is 0 Å². The average Bonchev–Trinajstić information content (AvgIpc) is 3.10. The lowest BCUT2D eigenvalue weighted by Gasteiger charge is -2.13. The van der Waals surface area contributed by atoms with Crippen LogP contribution in [0.25, 0.3) is 0 Å². The van der Waals surface area contributed by atoms with Crippen LogP contribution in [0.5, 0.6) is 5.75 Å². The van der Waals surface area contributed by atoms with E-state index in [1.54, 1.807) is 23.9 Å². The van der Waals surface area contributed by atoms with Crippen LogP contribution in [-0.2, 0) is 0 Å². The highest BCUT2D eigenvalue weighted by Crippen LogP contribution is 2.46. The summed E-state index contributed by atoms with van der Waals surface area (Å²) in [6.45, 7) is 0.666. The SMILES string of the molecule is CSC1(CNC(=O)c2cc(Br)ccc2O)CC1. The zero-order chi connectivity index (χ0) is 12.5. The summed E-state index contributed by atoms with van der Waals surface area (Å²) in [5.74, 6) is -0.205. The van der Waals surface area contributed by atoms with Gasteiger partial charge in [-0.2, -0.15) is 11.8 Å². The first-order valence-corrected chi connectivity index (χ1v) is 7.40. The lowest BCUT2D eigenvalue weighted by atomic mass is 10.2. The highest BCUT2D eigenvalue weighted by Gasteiger charge is 2.42. The molecule has 1 aliphatic carbocycles. The minimum absolute atomic E-state index is 0.0136. The fourth-order valence-electron chi connectivity index (χ4n) is 1.62. The predicted molar refractivity (Wildman–Crippen MR) is 73.6 cm³/mol. The molecule has 2 N–H and O–H groups in total. The molecule has 0 unspecified atom stereocenters. The Morgan fingerprint density at radius 1 is 1.59 bits per heavy atom. The highest BCUT2D eigenvalue weighted by molar-refractivity contribution is 9.10. The van der Waals surface area contributed by atoms with Crippen molar-refractivity contribution in [1.82, 2.24) is 5.32 Å². The van der Waals surface area contributed by atoms with Gasteiger partial charge in [0.05, 0.1) is 5.56 Å². The van der Waals surface area contributed by atoms with Crippen LogP contribution in [-0.4, -0.2) is 28.6 Å². The second-order valence-corrected chi connectivity index (χ2v) is 6.42. The van der Waals surface area contributed by atoms with Crippen LogP contribution in [0.3, 0.4) is 0 Å². The number of phenolic OH excluding ortho intramolecular Hbond substituents is 1. The standard InChI is InChI=1S/C12H14BrNO2S/c1-17-12(4-5-12)7-14-11(16)9-6-8(13)2-3-10(9)15/h2-3,6,15H,4-5,7H2,1H3,(H,14,16). The van der Waals surface area contributed by atoms with Crippen LogP contribution in [0.1, 0.15) is 23.2 Å². The summed E-state index contributed by atoms with van der Waals surface area (Å²) in [4.78, 5) is 11.9. The molecule has 0 spiro atoms. The number of halogens is 1. The van der Waals surface area contributed by atoms with Gasteiger partial charge < -0.3 is 10.4 Å². The monoisotopic (exact) mass is 315 g/mol. The van der Waals surface area contributed by atoms with Crippen molar-refractivity contribution in [2.45, 2.75) is 17.6 Å². The molecular formula is C12H14BrNO2S. The molecule has 1 saturated carbocycles. The third-order valence-corrected chi connectivity index (χ3v) is 4.93. The number of phenols is 1. The van der Waals surface area contributed by atoms with Crippen LogP contribution < -0.4 is 5.32 Å². The number of amides is 1. The topological polar surface area (TPSA) is 49.3 Å². The average molecular weight is 316 g/mol. The lowest BCUT2D eigenvalue weighted by molar-refractivity contribution is 0.0950. The molecule has 1 aliphatic rings. The van der Waals surface area contributed by atoms with Crippen molar-refractivity contribution in [1.29, 1.82) is 0 Å². The number of nitrogens with one attached hydrogen (secondary N) is 1. The first kappa shape index (κ1) is 12.8. The van der Waals surface area contributed by atoms with Gasteiger partial charge in [0.1, 0.15) is 5.75 Å². The molecule has 5 heteroatoms. The number of hydrogen-bond acceptors (Lipinski definition) is 3. The molecule has 1 amide bonds. The summed E-state index contributed by atoms with van der Waals surface area (Å²) < 4.78 is 1.02. The Labute approximate surface area is 113 Å². The maximum absolute atomic E-state index is 11.9. The van der Waals surface area contributed by atoms with E-state index in [1.165, 1.54) is 6.07 Å². The second kappa shape index (κ2) is 4.90. The van der Waals surface area contributed by atoms with Crippen molar-refractivity contribution in [3.63, 3.8) is 0 Å². The Kier molecular flexibility index (Phi) is 3.68. The van der Waals surface area contributed by atoms with Crippen LogP contribution in [0.15, 0.2) is 22.7 Å². The number of carbonyl (C=O) groups is 1. The van der Waals surface area contributed by atoms with Crippen molar-refractivity contribution in [3.05, 3.63) is 28.2 Å².